The number of ether oxygens (including phenoxy) is 1. The average molecular weight is 345 g/mol. The van der Waals surface area contributed by atoms with E-state index in [9.17, 15) is 14.7 Å². The van der Waals surface area contributed by atoms with E-state index in [4.69, 9.17) is 4.74 Å². The largest absolute Gasteiger partial charge is 0.497 e. The molecule has 1 fully saturated rings. The van der Waals surface area contributed by atoms with E-state index in [1.165, 1.54) is 16.7 Å². The molecule has 2 aromatic rings. The van der Waals surface area contributed by atoms with Gasteiger partial charge in [-0.15, -0.1) is 11.8 Å². The number of carbonyl (C=O) groups excluding carboxylic acids is 1. The normalized spacial score (nSPS) is 18.6. The third kappa shape index (κ3) is 3.06. The third-order valence-corrected chi connectivity index (χ3v) is 5.40. The maximum Gasteiger partial charge on any atom is 0.327 e. The lowest BCUT2D eigenvalue weighted by Gasteiger charge is -2.24. The van der Waals surface area contributed by atoms with Gasteiger partial charge in [0.2, 0.25) is 5.91 Å². The van der Waals surface area contributed by atoms with Gasteiger partial charge in [-0.3, -0.25) is 4.79 Å². The molecule has 0 saturated carbocycles. The van der Waals surface area contributed by atoms with Crippen molar-refractivity contribution in [1.82, 2.24) is 4.90 Å². The van der Waals surface area contributed by atoms with Crippen molar-refractivity contribution in [3.63, 3.8) is 0 Å². The highest BCUT2D eigenvalue weighted by Crippen LogP contribution is 2.29. The van der Waals surface area contributed by atoms with Crippen LogP contribution in [-0.2, 0) is 9.59 Å². The van der Waals surface area contributed by atoms with Crippen molar-refractivity contribution >= 4 is 34.4 Å². The Balaban J connectivity index is 1.86. The number of nitrogens with zero attached hydrogens (tertiary/aromatic N) is 1. The molecule has 126 valence electrons. The fraction of sp³-hybridized carbons (Fsp3) is 0.333. The highest BCUT2D eigenvalue weighted by atomic mass is 32.2. The number of carboxylic acids is 1. The second-order valence-corrected chi connectivity index (χ2v) is 6.86. The molecule has 2 unspecified atom stereocenters. The summed E-state index contributed by atoms with van der Waals surface area (Å²) in [7, 11) is 1.63. The first-order chi connectivity index (χ1) is 11.5. The van der Waals surface area contributed by atoms with Crippen LogP contribution in [0.3, 0.4) is 0 Å². The Bertz CT molecular complexity index is 792. The summed E-state index contributed by atoms with van der Waals surface area (Å²) < 4.78 is 5.22. The number of methoxy groups -OCH3 is 1. The zero-order valence-electron chi connectivity index (χ0n) is 13.6. The van der Waals surface area contributed by atoms with E-state index < -0.39 is 12.0 Å². The molecule has 6 heteroatoms. The van der Waals surface area contributed by atoms with Crippen molar-refractivity contribution < 1.29 is 19.4 Å². The summed E-state index contributed by atoms with van der Waals surface area (Å²) in [4.78, 5) is 25.5. The summed E-state index contributed by atoms with van der Waals surface area (Å²) in [6, 6.07) is 10.9. The van der Waals surface area contributed by atoms with Gasteiger partial charge in [0.15, 0.2) is 0 Å². The molecule has 0 aliphatic carbocycles. The van der Waals surface area contributed by atoms with E-state index >= 15 is 0 Å². The van der Waals surface area contributed by atoms with E-state index in [1.54, 1.807) is 7.11 Å². The van der Waals surface area contributed by atoms with Crippen LogP contribution in [0.5, 0.6) is 5.75 Å². The third-order valence-electron chi connectivity index (χ3n) is 4.39. The van der Waals surface area contributed by atoms with Gasteiger partial charge in [0.1, 0.15) is 11.8 Å². The summed E-state index contributed by atoms with van der Waals surface area (Å²) in [5.74, 6) is 0.220. The van der Waals surface area contributed by atoms with Crippen LogP contribution in [0.4, 0.5) is 0 Å². The van der Waals surface area contributed by atoms with Crippen molar-refractivity contribution in [3.05, 3.63) is 42.0 Å². The van der Waals surface area contributed by atoms with Gasteiger partial charge < -0.3 is 14.7 Å². The molecule has 0 radical (unpaired) electrons. The van der Waals surface area contributed by atoms with Gasteiger partial charge in [0.05, 0.1) is 18.9 Å². The molecule has 0 bridgehead atoms. The van der Waals surface area contributed by atoms with Gasteiger partial charge in [-0.1, -0.05) is 24.3 Å². The Labute approximate surface area is 144 Å². The number of hydrogen-bond donors (Lipinski definition) is 1. The van der Waals surface area contributed by atoms with Crippen molar-refractivity contribution in [1.29, 1.82) is 0 Å². The topological polar surface area (TPSA) is 66.8 Å². The highest BCUT2D eigenvalue weighted by Gasteiger charge is 2.36. The minimum Gasteiger partial charge on any atom is -0.497 e. The molecule has 0 aromatic heterocycles. The fourth-order valence-electron chi connectivity index (χ4n) is 2.89. The van der Waals surface area contributed by atoms with Gasteiger partial charge in [-0.2, -0.15) is 0 Å². The molecule has 1 aliphatic heterocycles. The number of aliphatic carboxylic acids is 1. The van der Waals surface area contributed by atoms with E-state index in [1.807, 2.05) is 43.3 Å². The number of thioether (sulfide) groups is 1. The predicted octanol–water partition coefficient (Wildman–Crippen LogP) is 2.94. The molecule has 3 rings (SSSR count). The van der Waals surface area contributed by atoms with Crippen LogP contribution >= 0.6 is 11.8 Å². The minimum atomic E-state index is -0.939. The summed E-state index contributed by atoms with van der Waals surface area (Å²) >= 11 is 1.48. The molecule has 1 N–H and O–H groups in total. The Morgan fingerprint density at radius 1 is 1.25 bits per heavy atom. The van der Waals surface area contributed by atoms with Crippen molar-refractivity contribution in [2.45, 2.75) is 18.9 Å². The molecule has 1 heterocycles. The standard InChI is InChI=1S/C18H19NO4S/c1-11(17(20)19-10-24-9-16(19)18(21)22)12-3-4-14-8-15(23-2)6-5-13(14)7-12/h3-8,11,16H,9-10H2,1-2H3,(H,21,22). The fourth-order valence-corrected chi connectivity index (χ4v) is 4.05. The number of hydrogen-bond acceptors (Lipinski definition) is 4. The summed E-state index contributed by atoms with van der Waals surface area (Å²) in [5.41, 5.74) is 0.888. The monoisotopic (exact) mass is 345 g/mol. The van der Waals surface area contributed by atoms with E-state index in [0.717, 1.165) is 22.1 Å². The SMILES string of the molecule is COc1ccc2cc(C(C)C(=O)N3CSCC3C(=O)O)ccc2c1. The number of carbonyl (C=O) groups is 2. The van der Waals surface area contributed by atoms with Gasteiger partial charge in [0, 0.05) is 5.75 Å². The number of fused-ring (bicyclic) bond motifs is 1. The number of amides is 1. The maximum absolute atomic E-state index is 12.7. The summed E-state index contributed by atoms with van der Waals surface area (Å²) in [6.07, 6.45) is 0. The molecule has 24 heavy (non-hydrogen) atoms. The lowest BCUT2D eigenvalue weighted by Crippen LogP contribution is -2.43. The molecule has 2 atom stereocenters. The lowest BCUT2D eigenvalue weighted by atomic mass is 9.96. The Kier molecular flexibility index (Phi) is 4.66. The van der Waals surface area contributed by atoms with Crippen LogP contribution in [0.15, 0.2) is 36.4 Å². The molecular formula is C18H19NO4S. The van der Waals surface area contributed by atoms with Crippen molar-refractivity contribution in [2.75, 3.05) is 18.7 Å². The van der Waals surface area contributed by atoms with E-state index in [0.29, 0.717) is 11.6 Å². The second kappa shape index (κ2) is 6.73. The smallest absolute Gasteiger partial charge is 0.327 e. The Morgan fingerprint density at radius 2 is 1.96 bits per heavy atom. The number of rotatable bonds is 4. The average Bonchev–Trinajstić information content (AvgIpc) is 3.09. The molecule has 1 saturated heterocycles. The molecular weight excluding hydrogens is 326 g/mol. The van der Waals surface area contributed by atoms with E-state index in [-0.39, 0.29) is 11.8 Å². The molecule has 2 aromatic carbocycles. The van der Waals surface area contributed by atoms with Gasteiger partial charge in [-0.25, -0.2) is 4.79 Å². The van der Waals surface area contributed by atoms with Crippen molar-refractivity contribution in [2.24, 2.45) is 0 Å². The van der Waals surface area contributed by atoms with Gasteiger partial charge >= 0.3 is 5.97 Å². The Morgan fingerprint density at radius 3 is 2.67 bits per heavy atom. The van der Waals surface area contributed by atoms with Crippen LogP contribution in [0, 0.1) is 0 Å². The molecule has 5 nitrogen and oxygen atoms in total. The van der Waals surface area contributed by atoms with Gasteiger partial charge in [0.25, 0.3) is 0 Å². The van der Waals surface area contributed by atoms with Crippen molar-refractivity contribution in [3.8, 4) is 5.75 Å². The van der Waals surface area contributed by atoms with Crippen LogP contribution in [0.2, 0.25) is 0 Å². The first-order valence-electron chi connectivity index (χ1n) is 7.70. The minimum absolute atomic E-state index is 0.139. The predicted molar refractivity (Wildman–Crippen MR) is 94.5 cm³/mol. The van der Waals surface area contributed by atoms with Crippen LogP contribution < -0.4 is 4.74 Å². The lowest BCUT2D eigenvalue weighted by molar-refractivity contribution is -0.148. The zero-order chi connectivity index (χ0) is 17.3. The maximum atomic E-state index is 12.7. The molecule has 1 amide bonds. The summed E-state index contributed by atoms with van der Waals surface area (Å²) in [6.45, 7) is 1.83. The van der Waals surface area contributed by atoms with Crippen LogP contribution in [-0.4, -0.2) is 46.7 Å². The molecule has 0 spiro atoms. The quantitative estimate of drug-likeness (QED) is 0.923. The van der Waals surface area contributed by atoms with E-state index in [2.05, 4.69) is 0 Å². The van der Waals surface area contributed by atoms with Crippen LogP contribution in [0.25, 0.3) is 10.8 Å². The first-order valence-corrected chi connectivity index (χ1v) is 8.85. The zero-order valence-corrected chi connectivity index (χ0v) is 14.4. The molecule has 1 aliphatic rings. The summed E-state index contributed by atoms with van der Waals surface area (Å²) in [5, 5.41) is 11.3. The number of carboxylic acid groups (broad SMARTS) is 1. The first kappa shape index (κ1) is 16.6. The van der Waals surface area contributed by atoms with Crippen LogP contribution in [0.1, 0.15) is 18.4 Å². The number of benzene rings is 2. The second-order valence-electron chi connectivity index (χ2n) is 5.86. The Hall–Kier alpha value is -2.21. The van der Waals surface area contributed by atoms with Gasteiger partial charge in [-0.05, 0) is 35.4 Å². The highest BCUT2D eigenvalue weighted by molar-refractivity contribution is 7.99.